The molecule has 4 fully saturated rings. The first-order chi connectivity index (χ1) is 12.4. The zero-order valence-corrected chi connectivity index (χ0v) is 18.1. The Bertz CT molecular complexity index is 441. The van der Waals surface area contributed by atoms with E-state index in [1.807, 2.05) is 0 Å². The fraction of sp³-hybridized carbons (Fsp3) is 1.00. The van der Waals surface area contributed by atoms with Crippen molar-refractivity contribution < 1.29 is 0 Å². The SMILES string of the molecule is CC(C)C1CC(N2CC3(CCC(CC4CCN(C(C)C)CC4)CC3)C2)C1. The fourth-order valence-electron chi connectivity index (χ4n) is 6.56. The van der Waals surface area contributed by atoms with Crippen molar-refractivity contribution in [2.45, 2.75) is 97.6 Å². The molecule has 4 aliphatic rings. The van der Waals surface area contributed by atoms with Gasteiger partial charge >= 0.3 is 0 Å². The number of likely N-dealkylation sites (tertiary alicyclic amines) is 2. The van der Waals surface area contributed by atoms with Crippen LogP contribution in [0.15, 0.2) is 0 Å². The summed E-state index contributed by atoms with van der Waals surface area (Å²) in [4.78, 5) is 5.53. The monoisotopic (exact) mass is 360 g/mol. The highest BCUT2D eigenvalue weighted by Gasteiger charge is 2.49. The maximum atomic E-state index is 2.85. The van der Waals surface area contributed by atoms with Gasteiger partial charge in [-0.15, -0.1) is 0 Å². The molecule has 2 heterocycles. The van der Waals surface area contributed by atoms with Crippen LogP contribution in [0.5, 0.6) is 0 Å². The van der Waals surface area contributed by atoms with Gasteiger partial charge < -0.3 is 4.90 Å². The lowest BCUT2D eigenvalue weighted by molar-refractivity contribution is -0.0976. The maximum absolute atomic E-state index is 2.85. The summed E-state index contributed by atoms with van der Waals surface area (Å²) in [6.07, 6.45) is 13.6. The molecule has 2 aliphatic heterocycles. The van der Waals surface area contributed by atoms with E-state index in [4.69, 9.17) is 0 Å². The van der Waals surface area contributed by atoms with Gasteiger partial charge in [-0.3, -0.25) is 4.90 Å². The number of piperidine rings is 1. The van der Waals surface area contributed by atoms with Crippen LogP contribution < -0.4 is 0 Å². The molecule has 0 bridgehead atoms. The first-order valence-electron chi connectivity index (χ1n) is 11.9. The predicted octanol–water partition coefficient (Wildman–Crippen LogP) is 5.42. The van der Waals surface area contributed by atoms with Gasteiger partial charge in [-0.05, 0) is 114 Å². The van der Waals surface area contributed by atoms with Crippen molar-refractivity contribution in [2.75, 3.05) is 26.2 Å². The summed E-state index contributed by atoms with van der Waals surface area (Å²) in [5.41, 5.74) is 0.750. The van der Waals surface area contributed by atoms with E-state index in [1.54, 1.807) is 19.3 Å². The second-order valence-corrected chi connectivity index (χ2v) is 11.3. The Labute approximate surface area is 163 Å². The second-order valence-electron chi connectivity index (χ2n) is 11.3. The van der Waals surface area contributed by atoms with E-state index in [0.717, 1.165) is 41.2 Å². The average Bonchev–Trinajstić information content (AvgIpc) is 2.54. The third kappa shape index (κ3) is 4.02. The van der Waals surface area contributed by atoms with Crippen molar-refractivity contribution in [3.63, 3.8) is 0 Å². The minimum absolute atomic E-state index is 0.749. The van der Waals surface area contributed by atoms with E-state index >= 15 is 0 Å². The van der Waals surface area contributed by atoms with Crippen LogP contribution in [0.4, 0.5) is 0 Å². The summed E-state index contributed by atoms with van der Waals surface area (Å²) in [5, 5.41) is 0. The molecule has 1 spiro atoms. The van der Waals surface area contributed by atoms with Gasteiger partial charge in [-0.1, -0.05) is 13.8 Å². The van der Waals surface area contributed by atoms with Crippen molar-refractivity contribution in [3.05, 3.63) is 0 Å². The van der Waals surface area contributed by atoms with Gasteiger partial charge in [-0.25, -0.2) is 0 Å². The molecule has 0 aromatic rings. The minimum Gasteiger partial charge on any atom is -0.301 e. The first kappa shape index (κ1) is 19.2. The van der Waals surface area contributed by atoms with Crippen LogP contribution in [-0.2, 0) is 0 Å². The molecule has 2 heteroatoms. The highest BCUT2D eigenvalue weighted by Crippen LogP contribution is 2.50. The molecule has 0 atom stereocenters. The molecule has 2 saturated carbocycles. The second kappa shape index (κ2) is 7.74. The molecule has 0 N–H and O–H groups in total. The summed E-state index contributed by atoms with van der Waals surface area (Å²) >= 11 is 0. The quantitative estimate of drug-likeness (QED) is 0.645. The van der Waals surface area contributed by atoms with Crippen LogP contribution in [0.3, 0.4) is 0 Å². The predicted molar refractivity (Wildman–Crippen MR) is 111 cm³/mol. The van der Waals surface area contributed by atoms with E-state index in [0.29, 0.717) is 0 Å². The Hall–Kier alpha value is -0.0800. The molecule has 150 valence electrons. The highest BCUT2D eigenvalue weighted by molar-refractivity contribution is 5.03. The van der Waals surface area contributed by atoms with Crippen molar-refractivity contribution in [1.82, 2.24) is 9.80 Å². The molecule has 0 amide bonds. The van der Waals surface area contributed by atoms with Gasteiger partial charge in [0.25, 0.3) is 0 Å². The lowest BCUT2D eigenvalue weighted by atomic mass is 9.62. The maximum Gasteiger partial charge on any atom is 0.0101 e. The molecule has 0 unspecified atom stereocenters. The van der Waals surface area contributed by atoms with Gasteiger partial charge in [0.05, 0.1) is 0 Å². The van der Waals surface area contributed by atoms with Gasteiger partial charge in [0.15, 0.2) is 0 Å². The number of nitrogens with zero attached hydrogens (tertiary/aromatic N) is 2. The Balaban J connectivity index is 1.14. The standard InChI is InChI=1S/C24H44N2/c1-18(2)22-14-23(15-22)26-16-24(17-26)9-5-20(6-10-24)13-21-7-11-25(12-8-21)19(3)4/h18-23H,5-17H2,1-4H3. The van der Waals surface area contributed by atoms with E-state index in [9.17, 15) is 0 Å². The van der Waals surface area contributed by atoms with E-state index in [1.165, 1.54) is 64.7 Å². The van der Waals surface area contributed by atoms with Crippen LogP contribution in [0, 0.1) is 29.1 Å². The van der Waals surface area contributed by atoms with Gasteiger partial charge in [0.1, 0.15) is 0 Å². The van der Waals surface area contributed by atoms with Crippen LogP contribution >= 0.6 is 0 Å². The summed E-state index contributed by atoms with van der Waals surface area (Å²) in [7, 11) is 0. The van der Waals surface area contributed by atoms with Crippen LogP contribution in [0.1, 0.15) is 85.5 Å². The van der Waals surface area contributed by atoms with Gasteiger partial charge in [0.2, 0.25) is 0 Å². The number of hydrogen-bond donors (Lipinski definition) is 0. The molecule has 2 nitrogen and oxygen atoms in total. The van der Waals surface area contributed by atoms with Crippen LogP contribution in [0.25, 0.3) is 0 Å². The van der Waals surface area contributed by atoms with Crippen molar-refractivity contribution in [1.29, 1.82) is 0 Å². The van der Waals surface area contributed by atoms with Crippen LogP contribution in [0.2, 0.25) is 0 Å². The molecule has 0 aromatic carbocycles. The number of hydrogen-bond acceptors (Lipinski definition) is 2. The van der Waals surface area contributed by atoms with E-state index < -0.39 is 0 Å². The Morgan fingerprint density at radius 3 is 1.96 bits per heavy atom. The number of rotatable bonds is 5. The largest absolute Gasteiger partial charge is 0.301 e. The Morgan fingerprint density at radius 1 is 0.846 bits per heavy atom. The first-order valence-corrected chi connectivity index (χ1v) is 11.9. The van der Waals surface area contributed by atoms with E-state index in [-0.39, 0.29) is 0 Å². The zero-order valence-electron chi connectivity index (χ0n) is 18.1. The molecule has 0 aromatic heterocycles. The van der Waals surface area contributed by atoms with Crippen molar-refractivity contribution in [2.24, 2.45) is 29.1 Å². The Kier molecular flexibility index (Phi) is 5.73. The normalized spacial score (nSPS) is 34.4. The molecular formula is C24H44N2. The summed E-state index contributed by atoms with van der Waals surface area (Å²) in [6.45, 7) is 15.1. The average molecular weight is 361 g/mol. The Morgan fingerprint density at radius 2 is 1.42 bits per heavy atom. The van der Waals surface area contributed by atoms with Crippen molar-refractivity contribution in [3.8, 4) is 0 Å². The van der Waals surface area contributed by atoms with Gasteiger partial charge in [0, 0.05) is 25.2 Å². The molecular weight excluding hydrogens is 316 g/mol. The molecule has 2 aliphatic carbocycles. The van der Waals surface area contributed by atoms with Crippen molar-refractivity contribution >= 4 is 0 Å². The van der Waals surface area contributed by atoms with Gasteiger partial charge in [-0.2, -0.15) is 0 Å². The lowest BCUT2D eigenvalue weighted by Gasteiger charge is -2.59. The summed E-state index contributed by atoms with van der Waals surface area (Å²) in [6, 6.07) is 1.70. The summed E-state index contributed by atoms with van der Waals surface area (Å²) in [5.74, 6) is 4.02. The molecule has 0 radical (unpaired) electrons. The lowest BCUT2D eigenvalue weighted by Crippen LogP contribution is -2.63. The zero-order chi connectivity index (χ0) is 18.3. The molecule has 2 saturated heterocycles. The molecule has 4 rings (SSSR count). The molecule has 26 heavy (non-hydrogen) atoms. The smallest absolute Gasteiger partial charge is 0.0101 e. The topological polar surface area (TPSA) is 6.48 Å². The third-order valence-corrected chi connectivity index (χ3v) is 8.90. The van der Waals surface area contributed by atoms with Crippen LogP contribution in [-0.4, -0.2) is 48.1 Å². The minimum atomic E-state index is 0.749. The summed E-state index contributed by atoms with van der Waals surface area (Å²) < 4.78 is 0. The fourth-order valence-corrected chi connectivity index (χ4v) is 6.56. The highest BCUT2D eigenvalue weighted by atomic mass is 15.2. The third-order valence-electron chi connectivity index (χ3n) is 8.90. The van der Waals surface area contributed by atoms with E-state index in [2.05, 4.69) is 37.5 Å².